The molecule has 4 nitrogen and oxygen atoms in total. The van der Waals surface area contributed by atoms with Crippen molar-refractivity contribution in [3.63, 3.8) is 0 Å². The number of carbonyl (C=O) groups excluding carboxylic acids is 1. The average Bonchev–Trinajstić information content (AvgIpc) is 2.58. The Hall–Kier alpha value is -2.59. The fourth-order valence-corrected chi connectivity index (χ4v) is 2.41. The van der Waals surface area contributed by atoms with E-state index in [0.29, 0.717) is 13.2 Å². The number of para-hydroxylation sites is 1. The van der Waals surface area contributed by atoms with Crippen molar-refractivity contribution in [1.29, 1.82) is 0 Å². The Labute approximate surface area is 143 Å². The van der Waals surface area contributed by atoms with Gasteiger partial charge in [-0.25, -0.2) is 0 Å². The molecule has 2 rings (SSSR count). The molecule has 0 radical (unpaired) electrons. The predicted molar refractivity (Wildman–Crippen MR) is 98.1 cm³/mol. The Morgan fingerprint density at radius 3 is 2.79 bits per heavy atom. The van der Waals surface area contributed by atoms with Gasteiger partial charge in [0.2, 0.25) is 5.91 Å². The van der Waals surface area contributed by atoms with Crippen molar-refractivity contribution in [2.75, 3.05) is 11.9 Å². The first kappa shape index (κ1) is 17.8. The highest BCUT2D eigenvalue weighted by Crippen LogP contribution is 2.21. The molecule has 0 spiro atoms. The van der Waals surface area contributed by atoms with E-state index in [1.165, 1.54) is 6.92 Å². The Balaban J connectivity index is 2.01. The molecule has 0 fully saturated rings. The van der Waals surface area contributed by atoms with Crippen molar-refractivity contribution in [2.45, 2.75) is 26.4 Å². The van der Waals surface area contributed by atoms with Crippen LogP contribution in [0.25, 0.3) is 0 Å². The molecule has 0 bridgehead atoms. The first-order valence-electron chi connectivity index (χ1n) is 8.02. The summed E-state index contributed by atoms with van der Waals surface area (Å²) in [4.78, 5) is 11.2. The summed E-state index contributed by atoms with van der Waals surface area (Å²) in [7, 11) is 0. The number of rotatable bonds is 8. The lowest BCUT2D eigenvalue weighted by Crippen LogP contribution is -2.19. The molecule has 0 saturated carbocycles. The van der Waals surface area contributed by atoms with Crippen molar-refractivity contribution in [3.8, 4) is 5.75 Å². The van der Waals surface area contributed by atoms with Crippen LogP contribution in [0.15, 0.2) is 61.2 Å². The maximum absolute atomic E-state index is 11.2. The molecule has 2 aromatic carbocycles. The van der Waals surface area contributed by atoms with Crippen molar-refractivity contribution >= 4 is 11.6 Å². The summed E-state index contributed by atoms with van der Waals surface area (Å²) in [6.45, 7) is 8.47. The van der Waals surface area contributed by atoms with Crippen LogP contribution in [0.2, 0.25) is 0 Å². The van der Waals surface area contributed by atoms with Gasteiger partial charge in [-0.2, -0.15) is 0 Å². The summed E-state index contributed by atoms with van der Waals surface area (Å²) in [5.41, 5.74) is 3.03. The molecule has 4 heteroatoms. The molecule has 0 aliphatic heterocycles. The topological polar surface area (TPSA) is 50.4 Å². The highest BCUT2D eigenvalue weighted by atomic mass is 16.5. The Morgan fingerprint density at radius 1 is 1.25 bits per heavy atom. The summed E-state index contributed by atoms with van der Waals surface area (Å²) in [5, 5.41) is 6.30. The van der Waals surface area contributed by atoms with Crippen molar-refractivity contribution in [1.82, 2.24) is 5.32 Å². The molecule has 1 atom stereocenters. The Morgan fingerprint density at radius 2 is 2.04 bits per heavy atom. The minimum atomic E-state index is -0.0685. The van der Waals surface area contributed by atoms with Gasteiger partial charge in [0.15, 0.2) is 0 Å². The molecular weight excluding hydrogens is 300 g/mol. The lowest BCUT2D eigenvalue weighted by molar-refractivity contribution is -0.114. The first-order chi connectivity index (χ1) is 11.6. The number of anilines is 1. The second-order valence-corrected chi connectivity index (χ2v) is 5.62. The summed E-state index contributed by atoms with van der Waals surface area (Å²) in [6, 6.07) is 16.0. The highest BCUT2D eigenvalue weighted by molar-refractivity contribution is 5.88. The fraction of sp³-hybridized carbons (Fsp3) is 0.250. The van der Waals surface area contributed by atoms with Gasteiger partial charge in [-0.15, -0.1) is 0 Å². The number of nitrogens with one attached hydrogen (secondary N) is 2. The van der Waals surface area contributed by atoms with E-state index in [0.717, 1.165) is 22.6 Å². The molecule has 0 aliphatic carbocycles. The summed E-state index contributed by atoms with van der Waals surface area (Å²) >= 11 is 0. The molecule has 0 aliphatic rings. The maximum atomic E-state index is 11.2. The Kier molecular flexibility index (Phi) is 6.58. The van der Waals surface area contributed by atoms with E-state index in [2.05, 4.69) is 24.1 Å². The molecule has 0 heterocycles. The third kappa shape index (κ3) is 5.25. The van der Waals surface area contributed by atoms with E-state index in [1.54, 1.807) is 6.08 Å². The van der Waals surface area contributed by atoms with E-state index in [9.17, 15) is 4.79 Å². The van der Waals surface area contributed by atoms with Crippen LogP contribution >= 0.6 is 0 Å². The fourth-order valence-electron chi connectivity index (χ4n) is 2.41. The normalized spacial score (nSPS) is 11.6. The first-order valence-corrected chi connectivity index (χ1v) is 8.02. The average molecular weight is 324 g/mol. The zero-order valence-corrected chi connectivity index (χ0v) is 14.2. The van der Waals surface area contributed by atoms with Crippen LogP contribution in [-0.2, 0) is 11.3 Å². The van der Waals surface area contributed by atoms with E-state index < -0.39 is 0 Å². The monoisotopic (exact) mass is 324 g/mol. The van der Waals surface area contributed by atoms with Crippen LogP contribution in [0.5, 0.6) is 5.75 Å². The lowest BCUT2D eigenvalue weighted by atomic mass is 10.1. The second-order valence-electron chi connectivity index (χ2n) is 5.62. The quantitative estimate of drug-likeness (QED) is 0.720. The third-order valence-corrected chi connectivity index (χ3v) is 3.63. The van der Waals surface area contributed by atoms with Gasteiger partial charge in [-0.3, -0.25) is 4.79 Å². The number of hydrogen-bond donors (Lipinski definition) is 2. The number of carbonyl (C=O) groups is 1. The van der Waals surface area contributed by atoms with Crippen LogP contribution in [0, 0.1) is 0 Å². The third-order valence-electron chi connectivity index (χ3n) is 3.63. The molecule has 0 aromatic heterocycles. The lowest BCUT2D eigenvalue weighted by Gasteiger charge is -2.17. The second kappa shape index (κ2) is 8.89. The predicted octanol–water partition coefficient (Wildman–Crippen LogP) is 4.06. The maximum Gasteiger partial charge on any atom is 0.221 e. The molecule has 0 saturated heterocycles. The standard InChI is InChI=1S/C20H24N2O2/c1-4-12-24-20-11-6-5-8-18(20)14-21-15(2)17-9-7-10-19(13-17)22-16(3)23/h4-11,13,15,21H,1,12,14H2,2-3H3,(H,22,23). The van der Waals surface area contributed by atoms with E-state index in [1.807, 2.05) is 48.5 Å². The van der Waals surface area contributed by atoms with Gasteiger partial charge in [0.25, 0.3) is 0 Å². The summed E-state index contributed by atoms with van der Waals surface area (Å²) < 4.78 is 5.68. The van der Waals surface area contributed by atoms with Gasteiger partial charge >= 0.3 is 0 Å². The van der Waals surface area contributed by atoms with Crippen LogP contribution in [0.3, 0.4) is 0 Å². The van der Waals surface area contributed by atoms with E-state index in [4.69, 9.17) is 4.74 Å². The summed E-state index contributed by atoms with van der Waals surface area (Å²) in [6.07, 6.45) is 1.74. The largest absolute Gasteiger partial charge is 0.489 e. The van der Waals surface area contributed by atoms with Gasteiger partial charge in [0.05, 0.1) is 0 Å². The zero-order valence-electron chi connectivity index (χ0n) is 14.2. The molecule has 2 N–H and O–H groups in total. The van der Waals surface area contributed by atoms with Crippen LogP contribution in [-0.4, -0.2) is 12.5 Å². The van der Waals surface area contributed by atoms with Crippen molar-refractivity contribution < 1.29 is 9.53 Å². The minimum Gasteiger partial charge on any atom is -0.489 e. The minimum absolute atomic E-state index is 0.0685. The molecule has 1 unspecified atom stereocenters. The molecule has 126 valence electrons. The number of benzene rings is 2. The van der Waals surface area contributed by atoms with Crippen LogP contribution in [0.1, 0.15) is 31.0 Å². The molecule has 1 amide bonds. The van der Waals surface area contributed by atoms with Crippen molar-refractivity contribution in [2.24, 2.45) is 0 Å². The van der Waals surface area contributed by atoms with Gasteiger partial charge in [0.1, 0.15) is 12.4 Å². The van der Waals surface area contributed by atoms with Crippen molar-refractivity contribution in [3.05, 3.63) is 72.3 Å². The van der Waals surface area contributed by atoms with Crippen LogP contribution < -0.4 is 15.4 Å². The van der Waals surface area contributed by atoms with Gasteiger partial charge < -0.3 is 15.4 Å². The number of amides is 1. The van der Waals surface area contributed by atoms with E-state index >= 15 is 0 Å². The smallest absolute Gasteiger partial charge is 0.221 e. The van der Waals surface area contributed by atoms with Gasteiger partial charge in [-0.05, 0) is 30.7 Å². The summed E-state index contributed by atoms with van der Waals surface area (Å²) in [5.74, 6) is 0.796. The van der Waals surface area contributed by atoms with E-state index in [-0.39, 0.29) is 11.9 Å². The molecule has 2 aromatic rings. The number of ether oxygens (including phenoxy) is 1. The zero-order chi connectivity index (χ0) is 17.4. The van der Waals surface area contributed by atoms with Crippen LogP contribution in [0.4, 0.5) is 5.69 Å². The SMILES string of the molecule is C=CCOc1ccccc1CNC(C)c1cccc(NC(C)=O)c1. The number of hydrogen-bond acceptors (Lipinski definition) is 3. The molecular formula is C20H24N2O2. The van der Waals surface area contributed by atoms with Gasteiger partial charge in [-0.1, -0.05) is 43.0 Å². The van der Waals surface area contributed by atoms with Gasteiger partial charge in [0, 0.05) is 30.8 Å². The highest BCUT2D eigenvalue weighted by Gasteiger charge is 2.08. The Bertz CT molecular complexity index is 698. The molecule has 24 heavy (non-hydrogen) atoms.